The number of nitrogens with one attached hydrogen (secondary N) is 1. The Labute approximate surface area is 196 Å². The number of hydrogen-bond donors (Lipinski definition) is 4. The Hall–Kier alpha value is -3.61. The predicted molar refractivity (Wildman–Crippen MR) is 127 cm³/mol. The number of nitrogens with zero attached hydrogens (tertiary/aromatic N) is 3. The molecule has 1 fully saturated rings. The topological polar surface area (TPSA) is 170 Å². The predicted octanol–water partition coefficient (Wildman–Crippen LogP) is 1.69. The van der Waals surface area contributed by atoms with Crippen LogP contribution in [0.25, 0.3) is 11.3 Å². The second kappa shape index (κ2) is 9.33. The molecule has 1 saturated heterocycles. The summed E-state index contributed by atoms with van der Waals surface area (Å²) >= 11 is 0. The molecule has 1 atom stereocenters. The van der Waals surface area contributed by atoms with Gasteiger partial charge in [0.15, 0.2) is 11.5 Å². The minimum atomic E-state index is -4.02. The van der Waals surface area contributed by atoms with Gasteiger partial charge in [0.2, 0.25) is 10.0 Å². The molecule has 12 heteroatoms. The standard InChI is InChI=1S/C22H24FN7O3S/c23-16-10-17(25)21(29-20(16)13-3-1-5-15(9-13)34(26,32)33)22(31)28-18-11-27-7-6-19(18)30-8-2-4-14(24)12-30/h1,3,5-7,9-11,14H,2,4,8,12,24-25H2,(H,28,31)(H2,26,32,33). The summed E-state index contributed by atoms with van der Waals surface area (Å²) in [4.78, 5) is 23.1. The summed E-state index contributed by atoms with van der Waals surface area (Å²) in [5.41, 5.74) is 12.7. The fourth-order valence-electron chi connectivity index (χ4n) is 3.88. The van der Waals surface area contributed by atoms with Crippen molar-refractivity contribution in [3.8, 4) is 11.3 Å². The fourth-order valence-corrected chi connectivity index (χ4v) is 4.44. The van der Waals surface area contributed by atoms with Crippen LogP contribution < -0.4 is 26.8 Å². The van der Waals surface area contributed by atoms with Crippen LogP contribution in [0.3, 0.4) is 0 Å². The van der Waals surface area contributed by atoms with Crippen LogP contribution in [-0.2, 0) is 10.0 Å². The Morgan fingerprint density at radius 3 is 2.76 bits per heavy atom. The summed E-state index contributed by atoms with van der Waals surface area (Å²) in [7, 11) is -4.02. The Bertz CT molecular complexity index is 1350. The number of nitrogens with two attached hydrogens (primary N) is 3. The molecule has 3 aromatic rings. The van der Waals surface area contributed by atoms with E-state index in [-0.39, 0.29) is 33.6 Å². The number of hydrogen-bond acceptors (Lipinski definition) is 8. The third-order valence-corrected chi connectivity index (χ3v) is 6.41. The summed E-state index contributed by atoms with van der Waals surface area (Å²) < 4.78 is 38.1. The summed E-state index contributed by atoms with van der Waals surface area (Å²) in [6.45, 7) is 1.41. The van der Waals surface area contributed by atoms with Gasteiger partial charge in [-0.2, -0.15) is 0 Å². The monoisotopic (exact) mass is 485 g/mol. The number of piperidine rings is 1. The number of primary sulfonamides is 1. The maximum Gasteiger partial charge on any atom is 0.276 e. The quantitative estimate of drug-likeness (QED) is 0.423. The Kier molecular flexibility index (Phi) is 6.46. The molecule has 1 unspecified atom stereocenters. The zero-order valence-corrected chi connectivity index (χ0v) is 18.9. The minimum Gasteiger partial charge on any atom is -0.397 e. The zero-order valence-electron chi connectivity index (χ0n) is 18.1. The third kappa shape index (κ3) is 4.98. The van der Waals surface area contributed by atoms with Gasteiger partial charge in [0, 0.05) is 37.0 Å². The molecule has 1 amide bonds. The van der Waals surface area contributed by atoms with Crippen molar-refractivity contribution in [2.75, 3.05) is 29.0 Å². The number of halogens is 1. The average molecular weight is 486 g/mol. The molecule has 0 spiro atoms. The summed E-state index contributed by atoms with van der Waals surface area (Å²) in [6, 6.07) is 8.08. The highest BCUT2D eigenvalue weighted by atomic mass is 32.2. The molecule has 4 rings (SSSR count). The molecule has 1 aromatic carbocycles. The molecule has 10 nitrogen and oxygen atoms in total. The summed E-state index contributed by atoms with van der Waals surface area (Å²) in [6.07, 6.45) is 4.97. The number of pyridine rings is 2. The number of anilines is 3. The normalized spacial score (nSPS) is 16.3. The van der Waals surface area contributed by atoms with Crippen LogP contribution in [0, 0.1) is 5.82 Å². The van der Waals surface area contributed by atoms with Crippen LogP contribution in [0.5, 0.6) is 0 Å². The van der Waals surface area contributed by atoms with E-state index in [4.69, 9.17) is 16.6 Å². The van der Waals surface area contributed by atoms with Gasteiger partial charge < -0.3 is 21.7 Å². The first-order valence-corrected chi connectivity index (χ1v) is 12.0. The first-order chi connectivity index (χ1) is 16.1. The Morgan fingerprint density at radius 2 is 2.03 bits per heavy atom. The SMILES string of the molecule is Nc1cc(F)c(-c2cccc(S(N)(=O)=O)c2)nc1C(=O)Nc1cnccc1N1CCCC(N)C1. The third-order valence-electron chi connectivity index (χ3n) is 5.50. The number of nitrogen functional groups attached to an aromatic ring is 1. The van der Waals surface area contributed by atoms with Gasteiger partial charge in [0.05, 0.1) is 28.2 Å². The van der Waals surface area contributed by atoms with Crippen LogP contribution in [0.4, 0.5) is 21.5 Å². The molecule has 0 aliphatic carbocycles. The maximum atomic E-state index is 14.7. The molecule has 3 heterocycles. The van der Waals surface area contributed by atoms with Crippen LogP contribution in [0.2, 0.25) is 0 Å². The summed E-state index contributed by atoms with van der Waals surface area (Å²) in [5, 5.41) is 7.92. The van der Waals surface area contributed by atoms with E-state index in [1.165, 1.54) is 30.5 Å². The number of carbonyl (C=O) groups excluding carboxylic acids is 1. The second-order valence-electron chi connectivity index (χ2n) is 8.02. The highest BCUT2D eigenvalue weighted by molar-refractivity contribution is 7.89. The fraction of sp³-hybridized carbons (Fsp3) is 0.227. The van der Waals surface area contributed by atoms with Gasteiger partial charge in [-0.05, 0) is 31.0 Å². The van der Waals surface area contributed by atoms with Crippen molar-refractivity contribution in [1.29, 1.82) is 0 Å². The first-order valence-electron chi connectivity index (χ1n) is 10.5. The van der Waals surface area contributed by atoms with E-state index in [1.807, 2.05) is 0 Å². The van der Waals surface area contributed by atoms with Crippen molar-refractivity contribution in [3.05, 3.63) is 60.3 Å². The van der Waals surface area contributed by atoms with Crippen molar-refractivity contribution in [3.63, 3.8) is 0 Å². The molecular formula is C22H24FN7O3S. The second-order valence-corrected chi connectivity index (χ2v) is 9.59. The van der Waals surface area contributed by atoms with Crippen LogP contribution in [-0.4, -0.2) is 43.4 Å². The van der Waals surface area contributed by atoms with E-state index in [0.29, 0.717) is 12.2 Å². The lowest BCUT2D eigenvalue weighted by Crippen LogP contribution is -2.43. The number of carbonyl (C=O) groups is 1. The number of amides is 1. The molecule has 0 saturated carbocycles. The van der Waals surface area contributed by atoms with Gasteiger partial charge in [0.1, 0.15) is 5.69 Å². The first kappa shape index (κ1) is 23.5. The summed E-state index contributed by atoms with van der Waals surface area (Å²) in [5.74, 6) is -1.48. The van der Waals surface area contributed by atoms with Gasteiger partial charge in [-0.3, -0.25) is 9.78 Å². The average Bonchev–Trinajstić information content (AvgIpc) is 2.79. The van der Waals surface area contributed by atoms with E-state index in [0.717, 1.165) is 31.1 Å². The van der Waals surface area contributed by atoms with E-state index in [1.54, 1.807) is 12.3 Å². The molecule has 178 valence electrons. The lowest BCUT2D eigenvalue weighted by atomic mass is 10.1. The van der Waals surface area contributed by atoms with Crippen LogP contribution in [0.15, 0.2) is 53.7 Å². The highest BCUT2D eigenvalue weighted by Gasteiger charge is 2.23. The Balaban J connectivity index is 1.67. The van der Waals surface area contributed by atoms with Crippen molar-refractivity contribution >= 4 is 33.0 Å². The van der Waals surface area contributed by atoms with Crippen molar-refractivity contribution < 1.29 is 17.6 Å². The largest absolute Gasteiger partial charge is 0.397 e. The molecular weight excluding hydrogens is 461 g/mol. The minimum absolute atomic E-state index is 0.0236. The van der Waals surface area contributed by atoms with E-state index >= 15 is 0 Å². The maximum absolute atomic E-state index is 14.7. The highest BCUT2D eigenvalue weighted by Crippen LogP contribution is 2.29. The Morgan fingerprint density at radius 1 is 1.24 bits per heavy atom. The molecule has 0 radical (unpaired) electrons. The molecule has 34 heavy (non-hydrogen) atoms. The molecule has 2 aromatic heterocycles. The van der Waals surface area contributed by atoms with Gasteiger partial charge in [-0.15, -0.1) is 0 Å². The smallest absolute Gasteiger partial charge is 0.276 e. The lowest BCUT2D eigenvalue weighted by Gasteiger charge is -2.33. The van der Waals surface area contributed by atoms with E-state index in [2.05, 4.69) is 20.2 Å². The number of rotatable bonds is 5. The van der Waals surface area contributed by atoms with Crippen molar-refractivity contribution in [2.24, 2.45) is 10.9 Å². The van der Waals surface area contributed by atoms with Gasteiger partial charge in [-0.1, -0.05) is 12.1 Å². The molecule has 7 N–H and O–H groups in total. The van der Waals surface area contributed by atoms with Crippen LogP contribution >= 0.6 is 0 Å². The molecule has 1 aliphatic rings. The molecule has 1 aliphatic heterocycles. The van der Waals surface area contributed by atoms with Crippen molar-refractivity contribution in [1.82, 2.24) is 9.97 Å². The van der Waals surface area contributed by atoms with Gasteiger partial charge in [-0.25, -0.2) is 22.9 Å². The van der Waals surface area contributed by atoms with Gasteiger partial charge in [0.25, 0.3) is 5.91 Å². The van der Waals surface area contributed by atoms with E-state index in [9.17, 15) is 17.6 Å². The van der Waals surface area contributed by atoms with E-state index < -0.39 is 21.7 Å². The number of sulfonamides is 1. The zero-order chi connectivity index (χ0) is 24.5. The number of benzene rings is 1. The lowest BCUT2D eigenvalue weighted by molar-refractivity contribution is 0.102. The number of aromatic nitrogens is 2. The van der Waals surface area contributed by atoms with Crippen molar-refractivity contribution in [2.45, 2.75) is 23.8 Å². The molecule has 0 bridgehead atoms. The van der Waals surface area contributed by atoms with Crippen LogP contribution in [0.1, 0.15) is 23.3 Å². The van der Waals surface area contributed by atoms with Gasteiger partial charge >= 0.3 is 0 Å².